The highest BCUT2D eigenvalue weighted by Crippen LogP contribution is 2.33. The molecule has 2 heterocycles. The summed E-state index contributed by atoms with van der Waals surface area (Å²) in [5.74, 6) is 0. The van der Waals surface area contributed by atoms with E-state index < -0.39 is 5.60 Å². The number of carbonyl (C=O) groups is 1. The molecule has 0 fully saturated rings. The molecule has 0 bridgehead atoms. The van der Waals surface area contributed by atoms with Crippen LogP contribution in [0.1, 0.15) is 40.0 Å². The number of amides is 1. The van der Waals surface area contributed by atoms with Gasteiger partial charge in [-0.15, -0.1) is 0 Å². The van der Waals surface area contributed by atoms with Crippen LogP contribution >= 0.6 is 0 Å². The van der Waals surface area contributed by atoms with Crippen molar-refractivity contribution in [1.29, 1.82) is 0 Å². The molecule has 4 nitrogen and oxygen atoms in total. The predicted molar refractivity (Wildman–Crippen MR) is 66.4 cm³/mol. The van der Waals surface area contributed by atoms with Gasteiger partial charge < -0.3 is 9.64 Å². The molecule has 2 aliphatic rings. The maximum atomic E-state index is 12.1. The highest BCUT2D eigenvalue weighted by molar-refractivity contribution is 5.71. The van der Waals surface area contributed by atoms with E-state index in [0.29, 0.717) is 0 Å². The van der Waals surface area contributed by atoms with Gasteiger partial charge in [-0.1, -0.05) is 0 Å². The molecule has 0 radical (unpaired) electrons. The fourth-order valence-corrected chi connectivity index (χ4v) is 2.48. The van der Waals surface area contributed by atoms with E-state index in [1.807, 2.05) is 25.7 Å². The molecule has 4 heteroatoms. The molecule has 2 rings (SSSR count). The molecule has 0 aromatic rings. The predicted octanol–water partition coefficient (Wildman–Crippen LogP) is 2.56. The van der Waals surface area contributed by atoms with Gasteiger partial charge >= 0.3 is 6.09 Å². The van der Waals surface area contributed by atoms with E-state index in [1.54, 1.807) is 0 Å². The second-order valence-electron chi connectivity index (χ2n) is 5.80. The van der Waals surface area contributed by atoms with Gasteiger partial charge in [0.15, 0.2) is 0 Å². The van der Waals surface area contributed by atoms with E-state index in [0.717, 1.165) is 32.4 Å². The summed E-state index contributed by atoms with van der Waals surface area (Å²) in [6, 6.07) is 0. The lowest BCUT2D eigenvalue weighted by atomic mass is 10.1. The Balaban J connectivity index is 2.11. The first kappa shape index (κ1) is 12.3. The minimum absolute atomic E-state index is 0.196. The number of carbonyl (C=O) groups excluding carboxylic acids is 1. The zero-order chi connectivity index (χ0) is 12.6. The summed E-state index contributed by atoms with van der Waals surface area (Å²) < 4.78 is 5.44. The first-order valence-electron chi connectivity index (χ1n) is 6.32. The van der Waals surface area contributed by atoms with Crippen LogP contribution in [-0.4, -0.2) is 41.6 Å². The molecule has 0 atom stereocenters. The SMILES string of the molecule is CN1CCCC2=C1CCN2C(=O)OC(C)(C)C. The van der Waals surface area contributed by atoms with Gasteiger partial charge in [0.1, 0.15) is 5.60 Å². The Bertz CT molecular complexity index is 355. The molecule has 96 valence electrons. The Morgan fingerprint density at radius 1 is 1.18 bits per heavy atom. The average molecular weight is 238 g/mol. The third-order valence-corrected chi connectivity index (χ3v) is 3.21. The van der Waals surface area contributed by atoms with Gasteiger partial charge in [0.2, 0.25) is 0 Å². The largest absolute Gasteiger partial charge is 0.443 e. The number of ether oxygens (including phenoxy) is 1. The number of nitrogens with zero attached hydrogens (tertiary/aromatic N) is 2. The summed E-state index contributed by atoms with van der Waals surface area (Å²) >= 11 is 0. The molecule has 1 amide bonds. The van der Waals surface area contributed by atoms with Crippen molar-refractivity contribution in [2.24, 2.45) is 0 Å². The first-order valence-corrected chi connectivity index (χ1v) is 6.32. The summed E-state index contributed by atoms with van der Waals surface area (Å²) in [5, 5.41) is 0. The topological polar surface area (TPSA) is 32.8 Å². The van der Waals surface area contributed by atoms with Gasteiger partial charge in [0.25, 0.3) is 0 Å². The van der Waals surface area contributed by atoms with Crippen molar-refractivity contribution >= 4 is 6.09 Å². The minimum atomic E-state index is -0.416. The molecule has 17 heavy (non-hydrogen) atoms. The summed E-state index contributed by atoms with van der Waals surface area (Å²) in [7, 11) is 2.10. The molecular formula is C13H22N2O2. The molecule has 0 aromatic carbocycles. The lowest BCUT2D eigenvalue weighted by Gasteiger charge is -2.30. The second kappa shape index (κ2) is 4.24. The normalized spacial score (nSPS) is 20.7. The van der Waals surface area contributed by atoms with Gasteiger partial charge in [0.05, 0.1) is 0 Å². The lowest BCUT2D eigenvalue weighted by Crippen LogP contribution is -2.35. The van der Waals surface area contributed by atoms with Crippen molar-refractivity contribution in [3.63, 3.8) is 0 Å². The van der Waals surface area contributed by atoms with Gasteiger partial charge in [0, 0.05) is 38.0 Å². The monoisotopic (exact) mass is 238 g/mol. The first-order chi connectivity index (χ1) is 7.88. The third-order valence-electron chi connectivity index (χ3n) is 3.21. The van der Waals surface area contributed by atoms with E-state index in [2.05, 4.69) is 11.9 Å². The number of hydrogen-bond acceptors (Lipinski definition) is 3. The summed E-state index contributed by atoms with van der Waals surface area (Å²) in [4.78, 5) is 16.2. The lowest BCUT2D eigenvalue weighted by molar-refractivity contribution is 0.0323. The summed E-state index contributed by atoms with van der Waals surface area (Å²) in [6.07, 6.45) is 2.89. The van der Waals surface area contributed by atoms with Crippen molar-refractivity contribution in [3.8, 4) is 0 Å². The summed E-state index contributed by atoms with van der Waals surface area (Å²) in [6.45, 7) is 7.58. The van der Waals surface area contributed by atoms with Crippen LogP contribution < -0.4 is 0 Å². The van der Waals surface area contributed by atoms with Crippen molar-refractivity contribution in [3.05, 3.63) is 11.4 Å². The van der Waals surface area contributed by atoms with Gasteiger partial charge in [-0.05, 0) is 33.6 Å². The Morgan fingerprint density at radius 2 is 1.88 bits per heavy atom. The van der Waals surface area contributed by atoms with Crippen LogP contribution in [0.2, 0.25) is 0 Å². The van der Waals surface area contributed by atoms with Crippen molar-refractivity contribution in [1.82, 2.24) is 9.80 Å². The maximum absolute atomic E-state index is 12.1. The van der Waals surface area contributed by atoms with E-state index >= 15 is 0 Å². The number of allylic oxidation sites excluding steroid dienone is 1. The zero-order valence-electron chi connectivity index (χ0n) is 11.2. The Labute approximate surface area is 103 Å². The van der Waals surface area contributed by atoms with Crippen LogP contribution in [0.5, 0.6) is 0 Å². The van der Waals surface area contributed by atoms with E-state index in [9.17, 15) is 4.79 Å². The quantitative estimate of drug-likeness (QED) is 0.650. The van der Waals surface area contributed by atoms with Gasteiger partial charge in [-0.3, -0.25) is 4.90 Å². The molecule has 0 spiro atoms. The minimum Gasteiger partial charge on any atom is -0.443 e. The Kier molecular flexibility index (Phi) is 3.06. The highest BCUT2D eigenvalue weighted by Gasteiger charge is 2.33. The molecule has 0 N–H and O–H groups in total. The average Bonchev–Trinajstić information content (AvgIpc) is 2.60. The van der Waals surface area contributed by atoms with Crippen LogP contribution in [0, 0.1) is 0 Å². The van der Waals surface area contributed by atoms with Crippen LogP contribution in [0.3, 0.4) is 0 Å². The van der Waals surface area contributed by atoms with Crippen LogP contribution in [0.25, 0.3) is 0 Å². The molecule has 0 saturated heterocycles. The molecule has 0 saturated carbocycles. The third kappa shape index (κ3) is 2.56. The van der Waals surface area contributed by atoms with Gasteiger partial charge in [-0.25, -0.2) is 4.79 Å². The van der Waals surface area contributed by atoms with Gasteiger partial charge in [-0.2, -0.15) is 0 Å². The highest BCUT2D eigenvalue weighted by atomic mass is 16.6. The maximum Gasteiger partial charge on any atom is 0.414 e. The summed E-state index contributed by atoms with van der Waals surface area (Å²) in [5.41, 5.74) is 2.08. The van der Waals surface area contributed by atoms with Crippen molar-refractivity contribution in [2.45, 2.75) is 45.6 Å². The van der Waals surface area contributed by atoms with E-state index in [4.69, 9.17) is 4.74 Å². The fraction of sp³-hybridized carbons (Fsp3) is 0.769. The molecule has 0 aliphatic carbocycles. The Hall–Kier alpha value is -1.19. The number of hydrogen-bond donors (Lipinski definition) is 0. The van der Waals surface area contributed by atoms with Crippen molar-refractivity contribution < 1.29 is 9.53 Å². The fourth-order valence-electron chi connectivity index (χ4n) is 2.48. The standard InChI is InChI=1S/C13H22N2O2/c1-13(2,3)17-12(16)15-9-7-10-11(15)6-5-8-14(10)4/h5-9H2,1-4H3. The van der Waals surface area contributed by atoms with Crippen LogP contribution in [0.4, 0.5) is 4.79 Å². The molecule has 0 aromatic heterocycles. The zero-order valence-corrected chi connectivity index (χ0v) is 11.2. The van der Waals surface area contributed by atoms with Crippen LogP contribution in [0.15, 0.2) is 11.4 Å². The molecule has 2 aliphatic heterocycles. The Morgan fingerprint density at radius 3 is 2.53 bits per heavy atom. The van der Waals surface area contributed by atoms with Crippen LogP contribution in [-0.2, 0) is 4.74 Å². The second-order valence-corrected chi connectivity index (χ2v) is 5.80. The smallest absolute Gasteiger partial charge is 0.414 e. The van der Waals surface area contributed by atoms with E-state index in [-0.39, 0.29) is 6.09 Å². The van der Waals surface area contributed by atoms with E-state index in [1.165, 1.54) is 11.4 Å². The molecular weight excluding hydrogens is 216 g/mol. The van der Waals surface area contributed by atoms with Crippen molar-refractivity contribution in [2.75, 3.05) is 20.1 Å². The number of rotatable bonds is 0. The molecule has 0 unspecified atom stereocenters.